The van der Waals surface area contributed by atoms with Crippen molar-refractivity contribution in [1.29, 1.82) is 0 Å². The summed E-state index contributed by atoms with van der Waals surface area (Å²) in [6, 6.07) is 16.3. The van der Waals surface area contributed by atoms with Gasteiger partial charge < -0.3 is 15.5 Å². The van der Waals surface area contributed by atoms with Gasteiger partial charge in [-0.15, -0.1) is 0 Å². The maximum atomic E-state index is 13.4. The molecular weight excluding hydrogens is 394 g/mol. The van der Waals surface area contributed by atoms with Crippen molar-refractivity contribution < 1.29 is 9.59 Å². The largest absolute Gasteiger partial charge is 0.347 e. The standard InChI is InChI=1S/C24H27N3O2.H2S/c28-22-14-18-8-9-19(15-20(18)25-22)24(10-11-24)23(29)26-21(16-27-12-4-5-13-27)17-6-2-1-3-7-17;/h1-3,6-9,15,21H,4-5,10-14,16H2,(H,25,28)(H,26,29);1H2/t21-;/m1./s1. The lowest BCUT2D eigenvalue weighted by Crippen LogP contribution is -2.41. The highest BCUT2D eigenvalue weighted by atomic mass is 32.1. The predicted molar refractivity (Wildman–Crippen MR) is 123 cm³/mol. The van der Waals surface area contributed by atoms with Gasteiger partial charge in [0.1, 0.15) is 0 Å². The topological polar surface area (TPSA) is 61.4 Å². The number of benzene rings is 2. The van der Waals surface area contributed by atoms with Gasteiger partial charge in [-0.3, -0.25) is 9.59 Å². The molecule has 1 aliphatic carbocycles. The number of hydrogen-bond acceptors (Lipinski definition) is 3. The van der Waals surface area contributed by atoms with Crippen LogP contribution in [0.1, 0.15) is 48.4 Å². The average molecular weight is 424 g/mol. The molecule has 5 rings (SSSR count). The van der Waals surface area contributed by atoms with Crippen molar-refractivity contribution in [3.8, 4) is 0 Å². The van der Waals surface area contributed by atoms with Crippen LogP contribution in [-0.4, -0.2) is 36.3 Å². The van der Waals surface area contributed by atoms with Gasteiger partial charge in [-0.2, -0.15) is 13.5 Å². The fourth-order valence-electron chi connectivity index (χ4n) is 4.72. The Labute approximate surface area is 184 Å². The normalized spacial score (nSPS) is 20.1. The van der Waals surface area contributed by atoms with Crippen LogP contribution in [0.5, 0.6) is 0 Å². The van der Waals surface area contributed by atoms with Gasteiger partial charge in [-0.1, -0.05) is 42.5 Å². The van der Waals surface area contributed by atoms with Crippen molar-refractivity contribution in [3.63, 3.8) is 0 Å². The summed E-state index contributed by atoms with van der Waals surface area (Å²) in [6.07, 6.45) is 4.62. The molecular formula is C24H29N3O2S. The Morgan fingerprint density at radius 2 is 1.83 bits per heavy atom. The quantitative estimate of drug-likeness (QED) is 0.750. The van der Waals surface area contributed by atoms with E-state index in [4.69, 9.17) is 0 Å². The summed E-state index contributed by atoms with van der Waals surface area (Å²) in [6.45, 7) is 3.07. The molecule has 0 aromatic heterocycles. The van der Waals surface area contributed by atoms with Crippen LogP contribution in [0.2, 0.25) is 0 Å². The zero-order valence-corrected chi connectivity index (χ0v) is 18.1. The van der Waals surface area contributed by atoms with Gasteiger partial charge in [0.05, 0.1) is 17.9 Å². The molecule has 1 saturated heterocycles. The lowest BCUT2D eigenvalue weighted by Gasteiger charge is -2.27. The molecule has 1 saturated carbocycles. The monoisotopic (exact) mass is 423 g/mol. The Hall–Kier alpha value is -2.31. The van der Waals surface area contributed by atoms with E-state index in [9.17, 15) is 9.59 Å². The first kappa shape index (κ1) is 20.9. The molecule has 2 aliphatic heterocycles. The molecule has 5 nitrogen and oxygen atoms in total. The van der Waals surface area contributed by atoms with Crippen LogP contribution in [0.4, 0.5) is 5.69 Å². The molecule has 2 heterocycles. The smallest absolute Gasteiger partial charge is 0.231 e. The predicted octanol–water partition coefficient (Wildman–Crippen LogP) is 3.28. The van der Waals surface area contributed by atoms with Crippen molar-refractivity contribution in [2.75, 3.05) is 25.0 Å². The van der Waals surface area contributed by atoms with Gasteiger partial charge in [-0.05, 0) is 61.5 Å². The van der Waals surface area contributed by atoms with Crippen LogP contribution in [0, 0.1) is 0 Å². The maximum absolute atomic E-state index is 13.4. The number of amides is 2. The summed E-state index contributed by atoms with van der Waals surface area (Å²) in [5.74, 6) is 0.135. The van der Waals surface area contributed by atoms with E-state index in [0.29, 0.717) is 6.42 Å². The molecule has 0 bridgehead atoms. The molecule has 2 N–H and O–H groups in total. The van der Waals surface area contributed by atoms with Gasteiger partial charge in [0.2, 0.25) is 11.8 Å². The number of nitrogens with one attached hydrogen (secondary N) is 2. The molecule has 0 unspecified atom stereocenters. The first-order valence-corrected chi connectivity index (χ1v) is 10.7. The molecule has 2 aromatic carbocycles. The van der Waals surface area contributed by atoms with Gasteiger partial charge in [0, 0.05) is 12.2 Å². The zero-order valence-electron chi connectivity index (χ0n) is 17.1. The molecule has 2 amide bonds. The Morgan fingerprint density at radius 1 is 1.10 bits per heavy atom. The Balaban J connectivity index is 0.00000218. The first-order valence-electron chi connectivity index (χ1n) is 10.7. The lowest BCUT2D eigenvalue weighted by molar-refractivity contribution is -0.124. The molecule has 2 fully saturated rings. The number of hydrogen-bond donors (Lipinski definition) is 2. The SMILES string of the molecule is O=C1Cc2ccc(C3(C(=O)N[C@H](CN4CCCC4)c4ccccc4)CC3)cc2N1.S. The molecule has 6 heteroatoms. The second-order valence-electron chi connectivity index (χ2n) is 8.62. The van der Waals surface area contributed by atoms with E-state index in [1.807, 2.05) is 36.4 Å². The van der Waals surface area contributed by atoms with E-state index in [1.54, 1.807) is 0 Å². The van der Waals surface area contributed by atoms with Crippen molar-refractivity contribution in [2.45, 2.75) is 43.6 Å². The van der Waals surface area contributed by atoms with Crippen molar-refractivity contribution >= 4 is 31.0 Å². The van der Waals surface area contributed by atoms with Crippen LogP contribution in [0.15, 0.2) is 48.5 Å². The summed E-state index contributed by atoms with van der Waals surface area (Å²) in [7, 11) is 0. The summed E-state index contributed by atoms with van der Waals surface area (Å²) < 4.78 is 0. The number of fused-ring (bicyclic) bond motifs is 1. The number of carbonyl (C=O) groups is 2. The molecule has 0 spiro atoms. The van der Waals surface area contributed by atoms with E-state index in [2.05, 4.69) is 27.7 Å². The number of carbonyl (C=O) groups excluding carboxylic acids is 2. The minimum Gasteiger partial charge on any atom is -0.347 e. The van der Waals surface area contributed by atoms with Crippen LogP contribution in [0.25, 0.3) is 0 Å². The average Bonchev–Trinajstić information content (AvgIpc) is 3.22. The van der Waals surface area contributed by atoms with E-state index in [0.717, 1.165) is 54.9 Å². The van der Waals surface area contributed by atoms with E-state index >= 15 is 0 Å². The maximum Gasteiger partial charge on any atom is 0.231 e. The van der Waals surface area contributed by atoms with Crippen LogP contribution < -0.4 is 10.6 Å². The van der Waals surface area contributed by atoms with Crippen LogP contribution >= 0.6 is 13.5 Å². The van der Waals surface area contributed by atoms with E-state index < -0.39 is 5.41 Å². The molecule has 2 aromatic rings. The Kier molecular flexibility index (Phi) is 5.89. The van der Waals surface area contributed by atoms with E-state index in [1.165, 1.54) is 12.8 Å². The van der Waals surface area contributed by atoms with Gasteiger partial charge in [0.25, 0.3) is 0 Å². The third kappa shape index (κ3) is 3.98. The van der Waals surface area contributed by atoms with Crippen LogP contribution in [0.3, 0.4) is 0 Å². The van der Waals surface area contributed by atoms with Crippen molar-refractivity contribution in [3.05, 3.63) is 65.2 Å². The number of likely N-dealkylation sites (tertiary alicyclic amines) is 1. The number of rotatable bonds is 6. The van der Waals surface area contributed by atoms with Crippen molar-refractivity contribution in [1.82, 2.24) is 10.2 Å². The minimum absolute atomic E-state index is 0. The highest BCUT2D eigenvalue weighted by Crippen LogP contribution is 2.50. The molecule has 30 heavy (non-hydrogen) atoms. The highest BCUT2D eigenvalue weighted by Gasteiger charge is 2.52. The zero-order chi connectivity index (χ0) is 19.8. The third-order valence-corrected chi connectivity index (χ3v) is 6.62. The molecule has 3 aliphatic rings. The number of nitrogens with zero attached hydrogens (tertiary/aromatic N) is 1. The van der Waals surface area contributed by atoms with E-state index in [-0.39, 0.29) is 31.4 Å². The minimum atomic E-state index is -0.458. The number of anilines is 1. The molecule has 1 atom stereocenters. The van der Waals surface area contributed by atoms with Gasteiger partial charge >= 0.3 is 0 Å². The molecule has 0 radical (unpaired) electrons. The first-order chi connectivity index (χ1) is 14.1. The second-order valence-corrected chi connectivity index (χ2v) is 8.62. The Bertz CT molecular complexity index is 937. The summed E-state index contributed by atoms with van der Waals surface area (Å²) in [5, 5.41) is 6.28. The third-order valence-electron chi connectivity index (χ3n) is 6.62. The summed E-state index contributed by atoms with van der Waals surface area (Å²) in [5.41, 5.74) is 3.60. The fourth-order valence-corrected chi connectivity index (χ4v) is 4.72. The van der Waals surface area contributed by atoms with Gasteiger partial charge in [0.15, 0.2) is 0 Å². The highest BCUT2D eigenvalue weighted by molar-refractivity contribution is 7.59. The summed E-state index contributed by atoms with van der Waals surface area (Å²) >= 11 is 0. The van der Waals surface area contributed by atoms with Gasteiger partial charge in [-0.25, -0.2) is 0 Å². The van der Waals surface area contributed by atoms with Crippen molar-refractivity contribution in [2.24, 2.45) is 0 Å². The summed E-state index contributed by atoms with van der Waals surface area (Å²) in [4.78, 5) is 27.6. The second kappa shape index (κ2) is 8.44. The Morgan fingerprint density at radius 3 is 2.53 bits per heavy atom. The fraction of sp³-hybridized carbons (Fsp3) is 0.417. The lowest BCUT2D eigenvalue weighted by atomic mass is 9.92. The molecule has 158 valence electrons. The van der Waals surface area contributed by atoms with Crippen LogP contribution in [-0.2, 0) is 21.4 Å².